The smallest absolute Gasteiger partial charge is 0.410 e. The van der Waals surface area contributed by atoms with Crippen molar-refractivity contribution in [3.8, 4) is 0 Å². The second kappa shape index (κ2) is 5.09. The summed E-state index contributed by atoms with van der Waals surface area (Å²) in [5, 5.41) is 3.26. The summed E-state index contributed by atoms with van der Waals surface area (Å²) < 4.78 is 5.80. The van der Waals surface area contributed by atoms with Crippen LogP contribution in [0.4, 0.5) is 9.93 Å². The number of benzene rings is 1. The Hall–Kier alpha value is -2.15. The Morgan fingerprint density at radius 3 is 3.15 bits per heavy atom. The van der Waals surface area contributed by atoms with Crippen molar-refractivity contribution in [3.05, 3.63) is 23.8 Å². The van der Waals surface area contributed by atoms with Gasteiger partial charge in [-0.15, -0.1) is 0 Å². The molecule has 20 heavy (non-hydrogen) atoms. The highest BCUT2D eigenvalue weighted by molar-refractivity contribution is 7.22. The third-order valence-electron chi connectivity index (χ3n) is 2.97. The number of aryl methyl sites for hydroxylation is 1. The Morgan fingerprint density at radius 2 is 2.40 bits per heavy atom. The summed E-state index contributed by atoms with van der Waals surface area (Å²) in [7, 11) is 0. The minimum atomic E-state index is -0.444. The highest BCUT2D eigenvalue weighted by atomic mass is 32.1. The van der Waals surface area contributed by atoms with Crippen molar-refractivity contribution in [2.45, 2.75) is 6.92 Å². The highest BCUT2D eigenvalue weighted by Gasteiger charge is 2.24. The molecule has 7 heteroatoms. The van der Waals surface area contributed by atoms with E-state index in [0.29, 0.717) is 18.3 Å². The average Bonchev–Trinajstić information content (AvgIpc) is 2.95. The number of anilines is 1. The van der Waals surface area contributed by atoms with Gasteiger partial charge in [-0.05, 0) is 24.6 Å². The fourth-order valence-corrected chi connectivity index (χ4v) is 2.97. The lowest BCUT2D eigenvalue weighted by Gasteiger charge is -2.10. The maximum absolute atomic E-state index is 11.9. The molecule has 1 saturated heterocycles. The van der Waals surface area contributed by atoms with Crippen LogP contribution in [-0.4, -0.2) is 41.6 Å². The standard InChI is InChI=1S/C13H13N3O3S/c1-8-2-3-9-10(6-8)20-12(14-9)15-11(17)7-16-4-5-19-13(16)18/h2-3,6H,4-5,7H2,1H3,(H,14,15,17). The summed E-state index contributed by atoms with van der Waals surface area (Å²) in [6.07, 6.45) is -0.444. The van der Waals surface area contributed by atoms with Crippen molar-refractivity contribution in [1.29, 1.82) is 0 Å². The zero-order valence-corrected chi connectivity index (χ0v) is 11.7. The number of carbonyl (C=O) groups is 2. The zero-order chi connectivity index (χ0) is 14.1. The van der Waals surface area contributed by atoms with Crippen LogP contribution in [0.3, 0.4) is 0 Å². The van der Waals surface area contributed by atoms with E-state index in [1.165, 1.54) is 16.2 Å². The number of nitrogens with zero attached hydrogens (tertiary/aromatic N) is 2. The lowest BCUT2D eigenvalue weighted by Crippen LogP contribution is -2.33. The fourth-order valence-electron chi connectivity index (χ4n) is 1.99. The first-order valence-electron chi connectivity index (χ1n) is 6.20. The summed E-state index contributed by atoms with van der Waals surface area (Å²) in [6.45, 7) is 2.79. The Labute approximate surface area is 119 Å². The van der Waals surface area contributed by atoms with Gasteiger partial charge in [0.25, 0.3) is 0 Å². The molecule has 1 fully saturated rings. The molecule has 1 aliphatic rings. The molecular weight excluding hydrogens is 278 g/mol. The molecule has 0 aliphatic carbocycles. The summed E-state index contributed by atoms with van der Waals surface area (Å²) in [6, 6.07) is 5.93. The largest absolute Gasteiger partial charge is 0.448 e. The average molecular weight is 291 g/mol. The molecule has 0 saturated carbocycles. The van der Waals surface area contributed by atoms with Crippen LogP contribution >= 0.6 is 11.3 Å². The van der Waals surface area contributed by atoms with Crippen LogP contribution in [0.2, 0.25) is 0 Å². The lowest BCUT2D eigenvalue weighted by molar-refractivity contribution is -0.116. The van der Waals surface area contributed by atoms with E-state index in [4.69, 9.17) is 4.74 Å². The number of rotatable bonds is 3. The maximum atomic E-state index is 11.9. The first kappa shape index (κ1) is 12.9. The van der Waals surface area contributed by atoms with E-state index in [-0.39, 0.29) is 12.5 Å². The summed E-state index contributed by atoms with van der Waals surface area (Å²) >= 11 is 1.42. The molecule has 3 rings (SSSR count). The van der Waals surface area contributed by atoms with E-state index in [1.807, 2.05) is 25.1 Å². The molecule has 1 aromatic carbocycles. The molecule has 104 valence electrons. The molecule has 0 bridgehead atoms. The van der Waals surface area contributed by atoms with E-state index < -0.39 is 6.09 Å². The summed E-state index contributed by atoms with van der Waals surface area (Å²) in [5.74, 6) is -0.264. The van der Waals surface area contributed by atoms with Gasteiger partial charge in [-0.1, -0.05) is 17.4 Å². The first-order chi connectivity index (χ1) is 9.61. The van der Waals surface area contributed by atoms with Crippen molar-refractivity contribution in [3.63, 3.8) is 0 Å². The van der Waals surface area contributed by atoms with Gasteiger partial charge in [0.05, 0.1) is 16.8 Å². The van der Waals surface area contributed by atoms with Crippen LogP contribution in [0.15, 0.2) is 18.2 Å². The molecule has 2 heterocycles. The van der Waals surface area contributed by atoms with Crippen LogP contribution in [0.5, 0.6) is 0 Å². The van der Waals surface area contributed by atoms with Crippen LogP contribution in [0.1, 0.15) is 5.56 Å². The Kier molecular flexibility index (Phi) is 3.27. The van der Waals surface area contributed by atoms with Crippen molar-refractivity contribution in [2.24, 2.45) is 0 Å². The number of aromatic nitrogens is 1. The van der Waals surface area contributed by atoms with Crippen molar-refractivity contribution in [2.75, 3.05) is 25.0 Å². The van der Waals surface area contributed by atoms with Gasteiger partial charge in [-0.3, -0.25) is 9.69 Å². The molecule has 1 N–H and O–H groups in total. The van der Waals surface area contributed by atoms with Gasteiger partial charge in [-0.2, -0.15) is 0 Å². The molecule has 1 aliphatic heterocycles. The van der Waals surface area contributed by atoms with Gasteiger partial charge in [0, 0.05) is 0 Å². The minimum absolute atomic E-state index is 0.00616. The molecule has 0 atom stereocenters. The van der Waals surface area contributed by atoms with Crippen LogP contribution < -0.4 is 5.32 Å². The molecule has 0 spiro atoms. The van der Waals surface area contributed by atoms with Gasteiger partial charge >= 0.3 is 6.09 Å². The lowest BCUT2D eigenvalue weighted by atomic mass is 10.2. The first-order valence-corrected chi connectivity index (χ1v) is 7.02. The summed E-state index contributed by atoms with van der Waals surface area (Å²) in [4.78, 5) is 28.8. The number of ether oxygens (including phenoxy) is 1. The number of cyclic esters (lactones) is 1. The molecule has 2 aromatic rings. The van der Waals surface area contributed by atoms with E-state index in [0.717, 1.165) is 15.8 Å². The predicted molar refractivity (Wildman–Crippen MR) is 75.9 cm³/mol. The van der Waals surface area contributed by atoms with Crippen LogP contribution in [0.25, 0.3) is 10.2 Å². The zero-order valence-electron chi connectivity index (χ0n) is 10.9. The molecule has 1 aromatic heterocycles. The number of amides is 2. The van der Waals surface area contributed by atoms with Gasteiger partial charge in [-0.25, -0.2) is 9.78 Å². The van der Waals surface area contributed by atoms with Crippen LogP contribution in [-0.2, 0) is 9.53 Å². The highest BCUT2D eigenvalue weighted by Crippen LogP contribution is 2.26. The number of carbonyl (C=O) groups excluding carboxylic acids is 2. The van der Waals surface area contributed by atoms with Gasteiger partial charge < -0.3 is 10.1 Å². The Bertz CT molecular complexity index is 683. The normalized spacial score (nSPS) is 14.7. The van der Waals surface area contributed by atoms with Gasteiger partial charge in [0.2, 0.25) is 5.91 Å². The molecule has 6 nitrogen and oxygen atoms in total. The van der Waals surface area contributed by atoms with E-state index >= 15 is 0 Å². The summed E-state index contributed by atoms with van der Waals surface area (Å²) in [5.41, 5.74) is 2.01. The minimum Gasteiger partial charge on any atom is -0.448 e. The molecule has 0 radical (unpaired) electrons. The van der Waals surface area contributed by atoms with E-state index in [2.05, 4.69) is 10.3 Å². The number of hydrogen-bond acceptors (Lipinski definition) is 5. The Morgan fingerprint density at radius 1 is 1.55 bits per heavy atom. The topological polar surface area (TPSA) is 71.5 Å². The predicted octanol–water partition coefficient (Wildman–Crippen LogP) is 2.00. The third kappa shape index (κ3) is 2.57. The third-order valence-corrected chi connectivity index (χ3v) is 3.90. The van der Waals surface area contributed by atoms with Crippen molar-refractivity contribution < 1.29 is 14.3 Å². The fraction of sp³-hybridized carbons (Fsp3) is 0.308. The van der Waals surface area contributed by atoms with Crippen molar-refractivity contribution >= 4 is 38.7 Å². The van der Waals surface area contributed by atoms with Gasteiger partial charge in [0.1, 0.15) is 13.2 Å². The van der Waals surface area contributed by atoms with Crippen LogP contribution in [0, 0.1) is 6.92 Å². The quantitative estimate of drug-likeness (QED) is 0.938. The number of fused-ring (bicyclic) bond motifs is 1. The van der Waals surface area contributed by atoms with Gasteiger partial charge in [0.15, 0.2) is 5.13 Å². The number of nitrogens with one attached hydrogen (secondary N) is 1. The number of thiazole rings is 1. The SMILES string of the molecule is Cc1ccc2nc(NC(=O)CN3CCOC3=O)sc2c1. The van der Waals surface area contributed by atoms with E-state index in [9.17, 15) is 9.59 Å². The van der Waals surface area contributed by atoms with E-state index in [1.54, 1.807) is 0 Å². The second-order valence-corrected chi connectivity index (χ2v) is 5.60. The molecule has 0 unspecified atom stereocenters. The Balaban J connectivity index is 1.69. The maximum Gasteiger partial charge on any atom is 0.410 e. The number of hydrogen-bond donors (Lipinski definition) is 1. The van der Waals surface area contributed by atoms with Crippen molar-refractivity contribution in [1.82, 2.24) is 9.88 Å². The monoisotopic (exact) mass is 291 g/mol. The second-order valence-electron chi connectivity index (χ2n) is 4.57. The molecule has 2 amide bonds. The molecular formula is C13H13N3O3S.